The minimum Gasteiger partial charge on any atom is -0.461 e. The van der Waals surface area contributed by atoms with Crippen LogP contribution in [0, 0.1) is 3.57 Å². The Bertz CT molecular complexity index is 403. The molecule has 1 heterocycles. The Morgan fingerprint density at radius 3 is 2.78 bits per heavy atom. The van der Waals surface area contributed by atoms with Crippen molar-refractivity contribution in [1.29, 1.82) is 0 Å². The second kappa shape index (κ2) is 7.09. The average molecular weight is 359 g/mol. The number of hydrogen-bond donors (Lipinski definition) is 0. The highest BCUT2D eigenvalue weighted by Crippen LogP contribution is 2.10. The number of halogens is 1. The standard InChI is InChI=1S/C14H18INO2/c15-13-6-4-5-12(11-13)14(17)18-10-9-16-7-2-1-3-8-16/h4-6,11H,1-3,7-10H2. The molecule has 0 amide bonds. The van der Waals surface area contributed by atoms with E-state index in [0.29, 0.717) is 12.2 Å². The summed E-state index contributed by atoms with van der Waals surface area (Å²) >= 11 is 2.20. The Morgan fingerprint density at radius 1 is 1.28 bits per heavy atom. The van der Waals surface area contributed by atoms with Gasteiger partial charge < -0.3 is 4.74 Å². The Balaban J connectivity index is 1.74. The van der Waals surface area contributed by atoms with E-state index in [0.717, 1.165) is 23.2 Å². The first-order chi connectivity index (χ1) is 8.75. The van der Waals surface area contributed by atoms with Gasteiger partial charge in [-0.1, -0.05) is 12.5 Å². The summed E-state index contributed by atoms with van der Waals surface area (Å²) in [5.41, 5.74) is 0.639. The molecule has 0 atom stereocenters. The first kappa shape index (κ1) is 13.8. The van der Waals surface area contributed by atoms with Crippen molar-refractivity contribution in [2.24, 2.45) is 0 Å². The lowest BCUT2D eigenvalue weighted by molar-refractivity contribution is 0.0452. The molecule has 1 saturated heterocycles. The fourth-order valence-electron chi connectivity index (χ4n) is 2.15. The maximum absolute atomic E-state index is 11.8. The largest absolute Gasteiger partial charge is 0.461 e. The van der Waals surface area contributed by atoms with Crippen molar-refractivity contribution in [1.82, 2.24) is 4.90 Å². The van der Waals surface area contributed by atoms with Crippen molar-refractivity contribution >= 4 is 28.6 Å². The number of hydrogen-bond acceptors (Lipinski definition) is 3. The van der Waals surface area contributed by atoms with E-state index in [2.05, 4.69) is 27.5 Å². The number of likely N-dealkylation sites (tertiary alicyclic amines) is 1. The van der Waals surface area contributed by atoms with E-state index < -0.39 is 0 Å². The van der Waals surface area contributed by atoms with Crippen LogP contribution in [0.15, 0.2) is 24.3 Å². The van der Waals surface area contributed by atoms with Gasteiger partial charge in [-0.25, -0.2) is 4.79 Å². The number of ether oxygens (including phenoxy) is 1. The maximum Gasteiger partial charge on any atom is 0.338 e. The van der Waals surface area contributed by atoms with E-state index >= 15 is 0 Å². The van der Waals surface area contributed by atoms with Crippen LogP contribution in [0.3, 0.4) is 0 Å². The fraction of sp³-hybridized carbons (Fsp3) is 0.500. The number of nitrogens with zero attached hydrogens (tertiary/aromatic N) is 1. The molecule has 0 N–H and O–H groups in total. The van der Waals surface area contributed by atoms with Gasteiger partial charge in [0.15, 0.2) is 0 Å². The van der Waals surface area contributed by atoms with Crippen molar-refractivity contribution in [3.8, 4) is 0 Å². The van der Waals surface area contributed by atoms with Gasteiger partial charge in [-0.15, -0.1) is 0 Å². The zero-order valence-electron chi connectivity index (χ0n) is 10.4. The molecule has 4 heteroatoms. The van der Waals surface area contributed by atoms with Crippen molar-refractivity contribution in [2.75, 3.05) is 26.2 Å². The summed E-state index contributed by atoms with van der Waals surface area (Å²) in [6, 6.07) is 7.49. The summed E-state index contributed by atoms with van der Waals surface area (Å²) < 4.78 is 6.36. The number of esters is 1. The Morgan fingerprint density at radius 2 is 2.06 bits per heavy atom. The molecule has 18 heavy (non-hydrogen) atoms. The van der Waals surface area contributed by atoms with Gasteiger partial charge in [0.1, 0.15) is 6.61 Å². The highest BCUT2D eigenvalue weighted by atomic mass is 127. The molecule has 0 aliphatic carbocycles. The minimum absolute atomic E-state index is 0.217. The molecule has 0 bridgehead atoms. The third-order valence-electron chi connectivity index (χ3n) is 3.15. The van der Waals surface area contributed by atoms with E-state index in [1.165, 1.54) is 19.3 Å². The second-order valence-electron chi connectivity index (χ2n) is 4.55. The van der Waals surface area contributed by atoms with Crippen LogP contribution < -0.4 is 0 Å². The minimum atomic E-state index is -0.217. The number of benzene rings is 1. The Kier molecular flexibility index (Phi) is 5.44. The van der Waals surface area contributed by atoms with E-state index in [9.17, 15) is 4.79 Å². The Labute approximate surface area is 122 Å². The van der Waals surface area contributed by atoms with Crippen molar-refractivity contribution in [2.45, 2.75) is 19.3 Å². The van der Waals surface area contributed by atoms with E-state index in [-0.39, 0.29) is 5.97 Å². The highest BCUT2D eigenvalue weighted by molar-refractivity contribution is 14.1. The van der Waals surface area contributed by atoms with Crippen LogP contribution in [-0.2, 0) is 4.74 Å². The molecular weight excluding hydrogens is 341 g/mol. The van der Waals surface area contributed by atoms with Gasteiger partial charge in [0.25, 0.3) is 0 Å². The summed E-state index contributed by atoms with van der Waals surface area (Å²) in [4.78, 5) is 14.2. The van der Waals surface area contributed by atoms with Crippen LogP contribution in [0.2, 0.25) is 0 Å². The quantitative estimate of drug-likeness (QED) is 0.612. The van der Waals surface area contributed by atoms with Crippen molar-refractivity contribution in [3.05, 3.63) is 33.4 Å². The molecular formula is C14H18INO2. The molecule has 0 unspecified atom stereocenters. The van der Waals surface area contributed by atoms with E-state index in [1.807, 2.05) is 18.2 Å². The predicted molar refractivity (Wildman–Crippen MR) is 79.7 cm³/mol. The third kappa shape index (κ3) is 4.24. The zero-order chi connectivity index (χ0) is 12.8. The molecule has 1 aromatic rings. The van der Waals surface area contributed by atoms with Crippen LogP contribution in [0.4, 0.5) is 0 Å². The van der Waals surface area contributed by atoms with Crippen LogP contribution in [-0.4, -0.2) is 37.1 Å². The molecule has 98 valence electrons. The lowest BCUT2D eigenvalue weighted by Crippen LogP contribution is -2.33. The summed E-state index contributed by atoms with van der Waals surface area (Å²) in [6.07, 6.45) is 3.87. The molecule has 0 aromatic heterocycles. The first-order valence-electron chi connectivity index (χ1n) is 6.41. The summed E-state index contributed by atoms with van der Waals surface area (Å²) in [6.45, 7) is 3.63. The van der Waals surface area contributed by atoms with Crippen LogP contribution in [0.5, 0.6) is 0 Å². The predicted octanol–water partition coefficient (Wildman–Crippen LogP) is 2.93. The highest BCUT2D eigenvalue weighted by Gasteiger charge is 2.11. The first-order valence-corrected chi connectivity index (χ1v) is 7.48. The molecule has 0 saturated carbocycles. The van der Waals surface area contributed by atoms with Gasteiger partial charge in [0.05, 0.1) is 5.56 Å². The van der Waals surface area contributed by atoms with Gasteiger partial charge in [0.2, 0.25) is 0 Å². The topological polar surface area (TPSA) is 29.5 Å². The van der Waals surface area contributed by atoms with E-state index in [1.54, 1.807) is 6.07 Å². The van der Waals surface area contributed by atoms with E-state index in [4.69, 9.17) is 4.74 Å². The van der Waals surface area contributed by atoms with Gasteiger partial charge in [-0.2, -0.15) is 0 Å². The molecule has 2 rings (SSSR count). The maximum atomic E-state index is 11.8. The van der Waals surface area contributed by atoms with Gasteiger partial charge in [0, 0.05) is 10.1 Å². The monoisotopic (exact) mass is 359 g/mol. The van der Waals surface area contributed by atoms with Gasteiger partial charge >= 0.3 is 5.97 Å². The van der Waals surface area contributed by atoms with Crippen molar-refractivity contribution in [3.63, 3.8) is 0 Å². The van der Waals surface area contributed by atoms with Crippen LogP contribution >= 0.6 is 22.6 Å². The summed E-state index contributed by atoms with van der Waals surface area (Å²) in [5.74, 6) is -0.217. The molecule has 1 aliphatic rings. The fourth-order valence-corrected chi connectivity index (χ4v) is 2.69. The SMILES string of the molecule is O=C(OCCN1CCCCC1)c1cccc(I)c1. The molecule has 0 spiro atoms. The van der Waals surface area contributed by atoms with Gasteiger partial charge in [-0.3, -0.25) is 4.90 Å². The lowest BCUT2D eigenvalue weighted by Gasteiger charge is -2.25. The number of rotatable bonds is 4. The van der Waals surface area contributed by atoms with Gasteiger partial charge in [-0.05, 0) is 66.7 Å². The summed E-state index contributed by atoms with van der Waals surface area (Å²) in [7, 11) is 0. The molecule has 0 radical (unpaired) electrons. The smallest absolute Gasteiger partial charge is 0.338 e. The molecule has 3 nitrogen and oxygen atoms in total. The number of carbonyl (C=O) groups excluding carboxylic acids is 1. The lowest BCUT2D eigenvalue weighted by atomic mass is 10.1. The molecule has 1 aromatic carbocycles. The van der Waals surface area contributed by atoms with Crippen molar-refractivity contribution < 1.29 is 9.53 Å². The van der Waals surface area contributed by atoms with Crippen LogP contribution in [0.1, 0.15) is 29.6 Å². The zero-order valence-corrected chi connectivity index (χ0v) is 12.6. The number of piperidine rings is 1. The average Bonchev–Trinajstić information content (AvgIpc) is 2.40. The number of carbonyl (C=O) groups is 1. The Hall–Kier alpha value is -0.620. The summed E-state index contributed by atoms with van der Waals surface area (Å²) in [5, 5.41) is 0. The van der Waals surface area contributed by atoms with Crippen LogP contribution in [0.25, 0.3) is 0 Å². The normalized spacial score (nSPS) is 16.5. The third-order valence-corrected chi connectivity index (χ3v) is 3.82. The molecule has 1 fully saturated rings. The second-order valence-corrected chi connectivity index (χ2v) is 5.79. The molecule has 1 aliphatic heterocycles.